The summed E-state index contributed by atoms with van der Waals surface area (Å²) < 4.78 is 0. The van der Waals surface area contributed by atoms with Gasteiger partial charge in [0.1, 0.15) is 5.76 Å². The number of rotatable bonds is 3. The minimum Gasteiger partial charge on any atom is -0.506 e. The Hall–Kier alpha value is -2.23. The van der Waals surface area contributed by atoms with Gasteiger partial charge >= 0.3 is 0 Å². The number of amides is 1. The summed E-state index contributed by atoms with van der Waals surface area (Å²) in [5, 5.41) is 9.91. The van der Waals surface area contributed by atoms with Crippen molar-refractivity contribution in [1.82, 2.24) is 0 Å². The van der Waals surface area contributed by atoms with Crippen molar-refractivity contribution in [3.8, 4) is 0 Å². The molecule has 1 aliphatic rings. The van der Waals surface area contributed by atoms with E-state index < -0.39 is 0 Å². The molecule has 0 atom stereocenters. The Morgan fingerprint density at radius 3 is 2.61 bits per heavy atom. The minimum absolute atomic E-state index is 0.0839. The van der Waals surface area contributed by atoms with Gasteiger partial charge in [0.15, 0.2) is 5.78 Å². The molecule has 0 aromatic heterocycles. The second-order valence-corrected chi connectivity index (χ2v) is 4.04. The highest BCUT2D eigenvalue weighted by atomic mass is 16.3. The first kappa shape index (κ1) is 12.2. The standard InChI is InChI=1S/C14H13NO3/c1-2-5-12(16)15-8-11-13(17)9-6-3-4-7-10(9)14(11)18/h3-4,6-8,17H,2,5H2,1H3. The first-order chi connectivity index (χ1) is 8.65. The van der Waals surface area contributed by atoms with E-state index in [4.69, 9.17) is 0 Å². The third-order valence-corrected chi connectivity index (χ3v) is 2.73. The number of carbonyl (C=O) groups excluding carboxylic acids is 2. The van der Waals surface area contributed by atoms with Crippen molar-refractivity contribution in [3.05, 3.63) is 41.0 Å². The summed E-state index contributed by atoms with van der Waals surface area (Å²) in [7, 11) is 0. The topological polar surface area (TPSA) is 66.7 Å². The van der Waals surface area contributed by atoms with Gasteiger partial charge in [0.05, 0.1) is 5.57 Å². The van der Waals surface area contributed by atoms with Crippen molar-refractivity contribution in [3.63, 3.8) is 0 Å². The molecule has 18 heavy (non-hydrogen) atoms. The molecule has 1 aromatic rings. The summed E-state index contributed by atoms with van der Waals surface area (Å²) in [5.74, 6) is -0.693. The molecule has 0 aliphatic heterocycles. The van der Waals surface area contributed by atoms with E-state index >= 15 is 0 Å². The molecule has 4 nitrogen and oxygen atoms in total. The molecule has 4 heteroatoms. The first-order valence-electron chi connectivity index (χ1n) is 5.79. The van der Waals surface area contributed by atoms with Crippen LogP contribution in [0.25, 0.3) is 5.76 Å². The van der Waals surface area contributed by atoms with Gasteiger partial charge in [0.25, 0.3) is 0 Å². The highest BCUT2D eigenvalue weighted by Gasteiger charge is 2.27. The van der Waals surface area contributed by atoms with Crippen molar-refractivity contribution in [2.24, 2.45) is 4.99 Å². The van der Waals surface area contributed by atoms with Crippen molar-refractivity contribution < 1.29 is 14.7 Å². The molecular weight excluding hydrogens is 230 g/mol. The third-order valence-electron chi connectivity index (χ3n) is 2.73. The van der Waals surface area contributed by atoms with Gasteiger partial charge in [-0.25, -0.2) is 4.99 Å². The molecule has 0 unspecified atom stereocenters. The maximum atomic E-state index is 12.0. The first-order valence-corrected chi connectivity index (χ1v) is 5.79. The normalized spacial score (nSPS) is 14.4. The molecule has 0 bridgehead atoms. The lowest BCUT2D eigenvalue weighted by Gasteiger charge is -1.95. The highest BCUT2D eigenvalue weighted by Crippen LogP contribution is 2.29. The second-order valence-electron chi connectivity index (χ2n) is 4.04. The lowest BCUT2D eigenvalue weighted by atomic mass is 10.1. The minimum atomic E-state index is -0.295. The number of benzene rings is 1. The van der Waals surface area contributed by atoms with Gasteiger partial charge in [-0.1, -0.05) is 31.2 Å². The van der Waals surface area contributed by atoms with Gasteiger partial charge in [-0.15, -0.1) is 0 Å². The average Bonchev–Trinajstić information content (AvgIpc) is 2.61. The van der Waals surface area contributed by atoms with Gasteiger partial charge in [-0.05, 0) is 6.42 Å². The van der Waals surface area contributed by atoms with E-state index in [9.17, 15) is 14.7 Å². The average molecular weight is 243 g/mol. The van der Waals surface area contributed by atoms with Crippen molar-refractivity contribution in [2.45, 2.75) is 19.8 Å². The summed E-state index contributed by atoms with van der Waals surface area (Å²) in [6.07, 6.45) is 2.21. The van der Waals surface area contributed by atoms with E-state index in [2.05, 4.69) is 4.99 Å². The van der Waals surface area contributed by atoms with Crippen LogP contribution in [-0.2, 0) is 4.79 Å². The highest BCUT2D eigenvalue weighted by molar-refractivity contribution is 6.30. The Labute approximate surface area is 105 Å². The summed E-state index contributed by atoms with van der Waals surface area (Å²) in [6.45, 7) is 1.88. The maximum absolute atomic E-state index is 12.0. The van der Waals surface area contributed by atoms with Crippen molar-refractivity contribution >= 4 is 23.7 Å². The van der Waals surface area contributed by atoms with E-state index in [1.165, 1.54) is 0 Å². The number of aliphatic imine (C=N–C) groups is 1. The summed E-state index contributed by atoms with van der Waals surface area (Å²) in [4.78, 5) is 26.9. The summed E-state index contributed by atoms with van der Waals surface area (Å²) in [6, 6.07) is 6.77. The zero-order valence-corrected chi connectivity index (χ0v) is 10.0. The van der Waals surface area contributed by atoms with Gasteiger partial charge in [0, 0.05) is 23.8 Å². The third kappa shape index (κ3) is 2.09. The number of ketones is 1. The van der Waals surface area contributed by atoms with Gasteiger partial charge in [-0.2, -0.15) is 0 Å². The maximum Gasteiger partial charge on any atom is 0.245 e. The number of allylic oxidation sites excluding steroid dienone is 1. The molecule has 2 rings (SSSR count). The Morgan fingerprint density at radius 1 is 1.33 bits per heavy atom. The van der Waals surface area contributed by atoms with Gasteiger partial charge in [-0.3, -0.25) is 9.59 Å². The molecule has 0 fully saturated rings. The molecule has 0 radical (unpaired) electrons. The lowest BCUT2D eigenvalue weighted by molar-refractivity contribution is -0.117. The van der Waals surface area contributed by atoms with Crippen LogP contribution < -0.4 is 0 Å². The molecule has 0 saturated carbocycles. The molecule has 1 aromatic carbocycles. The number of aliphatic hydroxyl groups excluding tert-OH is 1. The summed E-state index contributed by atoms with van der Waals surface area (Å²) in [5.41, 5.74) is 1.02. The van der Waals surface area contributed by atoms with Crippen LogP contribution in [0.2, 0.25) is 0 Å². The molecule has 0 heterocycles. The Bertz CT molecular complexity index is 570. The molecular formula is C14H13NO3. The van der Waals surface area contributed by atoms with Crippen LogP contribution in [0.5, 0.6) is 0 Å². The van der Waals surface area contributed by atoms with Crippen LogP contribution in [0.15, 0.2) is 34.8 Å². The van der Waals surface area contributed by atoms with Crippen LogP contribution >= 0.6 is 0 Å². The number of Topliss-reactive ketones (excluding diaryl/α,β-unsaturated/α-hetero) is 1. The van der Waals surface area contributed by atoms with Crippen molar-refractivity contribution in [1.29, 1.82) is 0 Å². The van der Waals surface area contributed by atoms with Crippen LogP contribution in [0.1, 0.15) is 35.7 Å². The SMILES string of the molecule is CCCC(=O)N=CC1=C(O)c2ccccc2C1=O. The zero-order valence-electron chi connectivity index (χ0n) is 10.0. The van der Waals surface area contributed by atoms with Crippen LogP contribution in [0, 0.1) is 0 Å². The number of carbonyl (C=O) groups is 2. The largest absolute Gasteiger partial charge is 0.506 e. The number of hydrogen-bond donors (Lipinski definition) is 1. The fraction of sp³-hybridized carbons (Fsp3) is 0.214. The summed E-state index contributed by atoms with van der Waals surface area (Å²) >= 11 is 0. The fourth-order valence-corrected chi connectivity index (χ4v) is 1.82. The number of aliphatic hydroxyl groups is 1. The Balaban J connectivity index is 2.29. The monoisotopic (exact) mass is 243 g/mol. The van der Waals surface area contributed by atoms with Crippen molar-refractivity contribution in [2.75, 3.05) is 0 Å². The van der Waals surface area contributed by atoms with Crippen LogP contribution in [0.4, 0.5) is 0 Å². The quantitative estimate of drug-likeness (QED) is 0.829. The van der Waals surface area contributed by atoms with E-state index in [0.29, 0.717) is 24.0 Å². The van der Waals surface area contributed by atoms with E-state index in [0.717, 1.165) is 6.21 Å². The second kappa shape index (κ2) is 4.96. The van der Waals surface area contributed by atoms with E-state index in [1.54, 1.807) is 24.3 Å². The molecule has 1 amide bonds. The van der Waals surface area contributed by atoms with Crippen LogP contribution in [-0.4, -0.2) is 23.0 Å². The molecule has 1 aliphatic carbocycles. The number of nitrogens with zero attached hydrogens (tertiary/aromatic N) is 1. The molecule has 0 spiro atoms. The Kier molecular flexibility index (Phi) is 3.37. The fourth-order valence-electron chi connectivity index (χ4n) is 1.82. The molecule has 0 saturated heterocycles. The lowest BCUT2D eigenvalue weighted by Crippen LogP contribution is -2.02. The predicted octanol–water partition coefficient (Wildman–Crippen LogP) is 2.55. The van der Waals surface area contributed by atoms with E-state index in [-0.39, 0.29) is 23.0 Å². The predicted molar refractivity (Wildman–Crippen MR) is 68.7 cm³/mol. The molecule has 92 valence electrons. The van der Waals surface area contributed by atoms with E-state index in [1.807, 2.05) is 6.92 Å². The zero-order chi connectivity index (χ0) is 13.1. The van der Waals surface area contributed by atoms with Gasteiger partial charge in [0.2, 0.25) is 5.91 Å². The number of hydrogen-bond acceptors (Lipinski definition) is 3. The van der Waals surface area contributed by atoms with Crippen LogP contribution in [0.3, 0.4) is 0 Å². The smallest absolute Gasteiger partial charge is 0.245 e. The number of fused-ring (bicyclic) bond motifs is 1. The van der Waals surface area contributed by atoms with Gasteiger partial charge < -0.3 is 5.11 Å². The molecule has 1 N–H and O–H groups in total. The Morgan fingerprint density at radius 2 is 2.00 bits per heavy atom.